The molecule has 0 spiro atoms. The van der Waals surface area contributed by atoms with Crippen molar-refractivity contribution in [3.05, 3.63) is 102 Å². The topological polar surface area (TPSA) is 95.6 Å². The highest BCUT2D eigenvalue weighted by molar-refractivity contribution is 5.95. The molecule has 2 aromatic heterocycles. The number of pyridine rings is 1. The zero-order valence-electron chi connectivity index (χ0n) is 19.2. The van der Waals surface area contributed by atoms with Gasteiger partial charge in [0.25, 0.3) is 0 Å². The maximum absolute atomic E-state index is 13.2. The zero-order valence-corrected chi connectivity index (χ0v) is 19.2. The number of nitrogens with zero attached hydrogens (tertiary/aromatic N) is 4. The van der Waals surface area contributed by atoms with Gasteiger partial charge in [0, 0.05) is 37.1 Å². The minimum atomic E-state index is -0.528. The van der Waals surface area contributed by atoms with Crippen LogP contribution in [0.5, 0.6) is 0 Å². The average Bonchev–Trinajstić information content (AvgIpc) is 3.29. The Bertz CT molecular complexity index is 1310. The monoisotopic (exact) mass is 450 g/mol. The Labute approximate surface area is 199 Å². The number of nitrogens with one attached hydrogen (secondary N) is 2. The van der Waals surface area contributed by atoms with Crippen molar-refractivity contribution in [3.8, 4) is 17.2 Å². The number of carbonyl (C=O) groups is 1. The van der Waals surface area contributed by atoms with Crippen molar-refractivity contribution in [2.24, 2.45) is 7.05 Å². The van der Waals surface area contributed by atoms with E-state index in [1.54, 1.807) is 23.1 Å². The van der Waals surface area contributed by atoms with Gasteiger partial charge in [0.15, 0.2) is 0 Å². The van der Waals surface area contributed by atoms with E-state index in [1.807, 2.05) is 74.8 Å². The molecule has 2 heterocycles. The molecule has 34 heavy (non-hydrogen) atoms. The van der Waals surface area contributed by atoms with Crippen molar-refractivity contribution in [2.75, 3.05) is 11.9 Å². The van der Waals surface area contributed by atoms with Gasteiger partial charge in [-0.3, -0.25) is 9.48 Å². The van der Waals surface area contributed by atoms with Crippen LogP contribution in [0.25, 0.3) is 11.1 Å². The number of aromatic nitrogens is 3. The molecule has 1 amide bonds. The second kappa shape index (κ2) is 10.6. The smallest absolute Gasteiger partial charge is 0.247 e. The lowest BCUT2D eigenvalue weighted by molar-refractivity contribution is -0.118. The molecule has 170 valence electrons. The van der Waals surface area contributed by atoms with Crippen LogP contribution in [0, 0.1) is 18.3 Å². The quantitative estimate of drug-likeness (QED) is 0.420. The number of aryl methyl sites for hydroxylation is 2. The van der Waals surface area contributed by atoms with Gasteiger partial charge in [-0.1, -0.05) is 36.4 Å². The van der Waals surface area contributed by atoms with Crippen LogP contribution >= 0.6 is 0 Å². The van der Waals surface area contributed by atoms with Crippen LogP contribution < -0.4 is 10.6 Å². The zero-order chi connectivity index (χ0) is 23.9. The summed E-state index contributed by atoms with van der Waals surface area (Å²) < 4.78 is 1.74. The fraction of sp³-hybridized carbons (Fsp3) is 0.185. The lowest BCUT2D eigenvalue weighted by Crippen LogP contribution is -2.34. The molecule has 1 atom stereocenters. The van der Waals surface area contributed by atoms with Crippen molar-refractivity contribution in [3.63, 3.8) is 0 Å². The highest BCUT2D eigenvalue weighted by Crippen LogP contribution is 2.20. The number of amides is 1. The van der Waals surface area contributed by atoms with Crippen LogP contribution in [0.1, 0.15) is 28.3 Å². The van der Waals surface area contributed by atoms with Gasteiger partial charge in [-0.05, 0) is 54.3 Å². The van der Waals surface area contributed by atoms with Gasteiger partial charge in [-0.2, -0.15) is 10.4 Å². The van der Waals surface area contributed by atoms with Crippen LogP contribution in [-0.2, 0) is 18.3 Å². The van der Waals surface area contributed by atoms with Crippen LogP contribution in [-0.4, -0.2) is 27.2 Å². The Kier molecular flexibility index (Phi) is 7.11. The number of hydrogen-bond donors (Lipinski definition) is 2. The van der Waals surface area contributed by atoms with Crippen molar-refractivity contribution in [2.45, 2.75) is 19.4 Å². The summed E-state index contributed by atoms with van der Waals surface area (Å²) >= 11 is 0. The number of anilines is 1. The number of hydrogen-bond acceptors (Lipinski definition) is 5. The molecule has 0 saturated heterocycles. The largest absolute Gasteiger partial charge is 0.309 e. The van der Waals surface area contributed by atoms with Gasteiger partial charge in [0.2, 0.25) is 5.91 Å². The average molecular weight is 451 g/mol. The molecular formula is C27H26N6O. The minimum absolute atomic E-state index is 0.177. The standard InChI is InChI=1S/C27H26N6O/c1-19-14-20(15-28)8-9-21(19)12-13-29-26(22-6-4-3-5-7-22)27(34)32-25-11-10-23(16-30-25)24-17-31-33(2)18-24/h3-11,14,16-18,26,29H,12-13H2,1-2H3,(H,30,32,34)/t26-/m1/s1. The summed E-state index contributed by atoms with van der Waals surface area (Å²) in [4.78, 5) is 17.6. The maximum Gasteiger partial charge on any atom is 0.247 e. The van der Waals surface area contributed by atoms with Gasteiger partial charge in [0.1, 0.15) is 11.9 Å². The Morgan fingerprint density at radius 2 is 1.91 bits per heavy atom. The third-order valence-corrected chi connectivity index (χ3v) is 5.66. The predicted molar refractivity (Wildman–Crippen MR) is 132 cm³/mol. The normalized spacial score (nSPS) is 11.6. The molecule has 2 aromatic carbocycles. The first-order chi connectivity index (χ1) is 16.5. The fourth-order valence-electron chi connectivity index (χ4n) is 3.81. The first-order valence-electron chi connectivity index (χ1n) is 11.1. The van der Waals surface area contributed by atoms with Crippen LogP contribution in [0.2, 0.25) is 0 Å². The predicted octanol–water partition coefficient (Wildman–Crippen LogP) is 4.17. The van der Waals surface area contributed by atoms with Gasteiger partial charge in [-0.25, -0.2) is 4.98 Å². The van der Waals surface area contributed by atoms with Gasteiger partial charge in [-0.15, -0.1) is 0 Å². The summed E-state index contributed by atoms with van der Waals surface area (Å²) in [7, 11) is 1.87. The third-order valence-electron chi connectivity index (χ3n) is 5.66. The van der Waals surface area contributed by atoms with Crippen LogP contribution in [0.15, 0.2) is 79.3 Å². The molecule has 0 fully saturated rings. The number of rotatable bonds is 8. The van der Waals surface area contributed by atoms with Crippen molar-refractivity contribution >= 4 is 11.7 Å². The van der Waals surface area contributed by atoms with Gasteiger partial charge >= 0.3 is 0 Å². The summed E-state index contributed by atoms with van der Waals surface area (Å²) in [5.41, 5.74) is 5.64. The third kappa shape index (κ3) is 5.55. The highest BCUT2D eigenvalue weighted by atomic mass is 16.2. The summed E-state index contributed by atoms with van der Waals surface area (Å²) in [6, 6.07) is 20.7. The summed E-state index contributed by atoms with van der Waals surface area (Å²) in [5, 5.41) is 19.6. The lowest BCUT2D eigenvalue weighted by atomic mass is 10.0. The van der Waals surface area contributed by atoms with Gasteiger partial charge < -0.3 is 10.6 Å². The minimum Gasteiger partial charge on any atom is -0.309 e. The first-order valence-corrected chi connectivity index (χ1v) is 11.1. The fourth-order valence-corrected chi connectivity index (χ4v) is 3.81. The molecule has 0 aliphatic heterocycles. The van der Waals surface area contributed by atoms with E-state index in [1.165, 1.54) is 0 Å². The summed E-state index contributed by atoms with van der Waals surface area (Å²) in [6.07, 6.45) is 6.16. The molecule has 0 aliphatic rings. The summed E-state index contributed by atoms with van der Waals surface area (Å²) in [5.74, 6) is 0.313. The lowest BCUT2D eigenvalue weighted by Gasteiger charge is -2.19. The van der Waals surface area contributed by atoms with Crippen molar-refractivity contribution < 1.29 is 4.79 Å². The Hall–Kier alpha value is -4.28. The maximum atomic E-state index is 13.2. The number of benzene rings is 2. The highest BCUT2D eigenvalue weighted by Gasteiger charge is 2.20. The van der Waals surface area contributed by atoms with E-state index in [2.05, 4.69) is 26.8 Å². The van der Waals surface area contributed by atoms with Gasteiger partial charge in [0.05, 0.1) is 17.8 Å². The second-order valence-corrected chi connectivity index (χ2v) is 8.12. The number of carbonyl (C=O) groups excluding carboxylic acids is 1. The van der Waals surface area contributed by atoms with Crippen LogP contribution in [0.3, 0.4) is 0 Å². The first kappa shape index (κ1) is 22.9. The van der Waals surface area contributed by atoms with E-state index in [-0.39, 0.29) is 5.91 Å². The van der Waals surface area contributed by atoms with E-state index in [9.17, 15) is 4.79 Å². The van der Waals surface area contributed by atoms with E-state index in [0.29, 0.717) is 17.9 Å². The SMILES string of the molecule is Cc1cc(C#N)ccc1CCN[C@@H](C(=O)Nc1ccc(-c2cnn(C)c2)cn1)c1ccccc1. The van der Waals surface area contributed by atoms with E-state index in [0.717, 1.165) is 34.2 Å². The van der Waals surface area contributed by atoms with Crippen molar-refractivity contribution in [1.29, 1.82) is 5.26 Å². The Balaban J connectivity index is 1.44. The Morgan fingerprint density at radius 3 is 2.56 bits per heavy atom. The molecule has 4 aromatic rings. The molecule has 0 unspecified atom stereocenters. The van der Waals surface area contributed by atoms with Crippen LogP contribution in [0.4, 0.5) is 5.82 Å². The molecule has 0 radical (unpaired) electrons. The second-order valence-electron chi connectivity index (χ2n) is 8.12. The van der Waals surface area contributed by atoms with E-state index >= 15 is 0 Å². The molecule has 2 N–H and O–H groups in total. The number of nitriles is 1. The van der Waals surface area contributed by atoms with Crippen molar-refractivity contribution in [1.82, 2.24) is 20.1 Å². The summed E-state index contributed by atoms with van der Waals surface area (Å²) in [6.45, 7) is 2.60. The molecular weight excluding hydrogens is 424 g/mol. The molecule has 7 heteroatoms. The van der Waals surface area contributed by atoms with E-state index < -0.39 is 6.04 Å². The molecule has 0 bridgehead atoms. The molecule has 4 rings (SSSR count). The molecule has 7 nitrogen and oxygen atoms in total. The van der Waals surface area contributed by atoms with E-state index in [4.69, 9.17) is 5.26 Å². The molecule has 0 saturated carbocycles. The molecule has 0 aliphatic carbocycles. The Morgan fingerprint density at radius 1 is 1.09 bits per heavy atom.